The van der Waals surface area contributed by atoms with Gasteiger partial charge < -0.3 is 15.1 Å². The molecule has 3 rings (SSSR count). The third kappa shape index (κ3) is 3.18. The van der Waals surface area contributed by atoms with Crippen LogP contribution < -0.4 is 5.32 Å². The summed E-state index contributed by atoms with van der Waals surface area (Å²) < 4.78 is 0. The summed E-state index contributed by atoms with van der Waals surface area (Å²) in [5.41, 5.74) is 0.172. The Morgan fingerprint density at radius 2 is 1.83 bits per heavy atom. The fraction of sp³-hybridized carbons (Fsp3) is 0.500. The van der Waals surface area contributed by atoms with E-state index in [2.05, 4.69) is 10.3 Å². The molecule has 0 aliphatic carbocycles. The molecule has 2 aliphatic heterocycles. The minimum absolute atomic E-state index is 0.0216. The first-order valence-electron chi connectivity index (χ1n) is 7.71. The van der Waals surface area contributed by atoms with E-state index in [0.717, 1.165) is 0 Å². The number of rotatable bonds is 1. The second-order valence-electron chi connectivity index (χ2n) is 6.36. The zero-order valence-electron chi connectivity index (χ0n) is 13.1. The number of nitrogens with zero attached hydrogens (tertiary/aromatic N) is 3. The van der Waals surface area contributed by atoms with Crippen molar-refractivity contribution >= 4 is 17.7 Å². The van der Waals surface area contributed by atoms with Crippen LogP contribution in [0.25, 0.3) is 0 Å². The Hall–Kier alpha value is -2.44. The minimum Gasteiger partial charge on any atom is -0.355 e. The first kappa shape index (κ1) is 15.5. The molecule has 2 aliphatic rings. The molecular formula is C16H20N4O3. The fourth-order valence-electron chi connectivity index (χ4n) is 3.35. The van der Waals surface area contributed by atoms with Crippen LogP contribution in [0.2, 0.25) is 0 Å². The van der Waals surface area contributed by atoms with Gasteiger partial charge in [0.15, 0.2) is 0 Å². The van der Waals surface area contributed by atoms with Crippen LogP contribution in [0, 0.1) is 5.41 Å². The molecule has 122 valence electrons. The number of hydrogen-bond donors (Lipinski definition) is 1. The Labute approximate surface area is 134 Å². The lowest BCUT2D eigenvalue weighted by molar-refractivity contribution is -0.130. The Morgan fingerprint density at radius 3 is 2.43 bits per heavy atom. The predicted octanol–water partition coefficient (Wildman–Crippen LogP) is -0.108. The van der Waals surface area contributed by atoms with Crippen molar-refractivity contribution in [3.05, 3.63) is 30.1 Å². The van der Waals surface area contributed by atoms with Crippen molar-refractivity contribution in [3.8, 4) is 0 Å². The van der Waals surface area contributed by atoms with E-state index in [0.29, 0.717) is 44.7 Å². The second-order valence-corrected chi connectivity index (χ2v) is 6.36. The van der Waals surface area contributed by atoms with Crippen molar-refractivity contribution < 1.29 is 14.4 Å². The molecule has 1 atom stereocenters. The van der Waals surface area contributed by atoms with Crippen LogP contribution in [-0.2, 0) is 9.59 Å². The molecule has 0 aromatic carbocycles. The lowest BCUT2D eigenvalue weighted by atomic mass is 9.86. The van der Waals surface area contributed by atoms with E-state index >= 15 is 0 Å². The number of aromatic nitrogens is 1. The fourth-order valence-corrected chi connectivity index (χ4v) is 3.35. The van der Waals surface area contributed by atoms with Crippen molar-refractivity contribution in [2.45, 2.75) is 13.3 Å². The van der Waals surface area contributed by atoms with Gasteiger partial charge in [0, 0.05) is 69.4 Å². The summed E-state index contributed by atoms with van der Waals surface area (Å²) in [4.78, 5) is 43.7. The van der Waals surface area contributed by atoms with Gasteiger partial charge >= 0.3 is 0 Å². The van der Waals surface area contributed by atoms with E-state index in [1.54, 1.807) is 34.3 Å². The quantitative estimate of drug-likeness (QED) is 0.784. The standard InChI is InChI=1S/C16H20N4O3/c1-12(21)19-6-7-20(15(23)13-2-4-17-5-3-13)11-16(10-19)8-14(22)18-9-16/h2-5H,6-11H2,1H3,(H,18,22). The van der Waals surface area contributed by atoms with Crippen molar-refractivity contribution in [1.82, 2.24) is 20.1 Å². The van der Waals surface area contributed by atoms with Crippen molar-refractivity contribution in [3.63, 3.8) is 0 Å². The third-order valence-electron chi connectivity index (χ3n) is 4.55. The summed E-state index contributed by atoms with van der Waals surface area (Å²) in [6.07, 6.45) is 3.52. The van der Waals surface area contributed by atoms with Gasteiger partial charge in [0.2, 0.25) is 11.8 Å². The summed E-state index contributed by atoms with van der Waals surface area (Å²) >= 11 is 0. The highest BCUT2D eigenvalue weighted by molar-refractivity contribution is 5.94. The number of carbonyl (C=O) groups is 3. The highest BCUT2D eigenvalue weighted by atomic mass is 16.2. The van der Waals surface area contributed by atoms with Gasteiger partial charge in [0.25, 0.3) is 5.91 Å². The first-order chi connectivity index (χ1) is 11.0. The third-order valence-corrected chi connectivity index (χ3v) is 4.55. The summed E-state index contributed by atoms with van der Waals surface area (Å²) in [5.74, 6) is -0.134. The van der Waals surface area contributed by atoms with Gasteiger partial charge in [0.05, 0.1) is 0 Å². The molecule has 0 radical (unpaired) electrons. The smallest absolute Gasteiger partial charge is 0.254 e. The Balaban J connectivity index is 1.86. The molecule has 1 N–H and O–H groups in total. The summed E-state index contributed by atoms with van der Waals surface area (Å²) in [6, 6.07) is 3.36. The largest absolute Gasteiger partial charge is 0.355 e. The summed E-state index contributed by atoms with van der Waals surface area (Å²) in [6.45, 7) is 3.95. The molecule has 1 unspecified atom stereocenters. The highest BCUT2D eigenvalue weighted by Gasteiger charge is 2.44. The number of pyridine rings is 1. The molecule has 2 saturated heterocycles. The van der Waals surface area contributed by atoms with Crippen LogP contribution in [0.1, 0.15) is 23.7 Å². The van der Waals surface area contributed by atoms with Gasteiger partial charge in [-0.2, -0.15) is 0 Å². The predicted molar refractivity (Wildman–Crippen MR) is 82.5 cm³/mol. The van der Waals surface area contributed by atoms with Gasteiger partial charge in [-0.15, -0.1) is 0 Å². The number of amides is 3. The first-order valence-corrected chi connectivity index (χ1v) is 7.71. The molecule has 0 saturated carbocycles. The minimum atomic E-state index is -0.401. The zero-order valence-corrected chi connectivity index (χ0v) is 13.1. The maximum absolute atomic E-state index is 12.7. The SMILES string of the molecule is CC(=O)N1CCN(C(=O)c2ccncc2)CC2(CNC(=O)C2)C1. The van der Waals surface area contributed by atoms with Crippen LogP contribution in [0.15, 0.2) is 24.5 Å². The highest BCUT2D eigenvalue weighted by Crippen LogP contribution is 2.31. The maximum atomic E-state index is 12.7. The normalized spacial score (nSPS) is 24.5. The van der Waals surface area contributed by atoms with E-state index in [-0.39, 0.29) is 17.7 Å². The average Bonchev–Trinajstić information content (AvgIpc) is 2.79. The molecule has 23 heavy (non-hydrogen) atoms. The molecule has 0 bridgehead atoms. The van der Waals surface area contributed by atoms with Crippen LogP contribution in [-0.4, -0.2) is 65.2 Å². The molecule has 3 amide bonds. The topological polar surface area (TPSA) is 82.6 Å². The van der Waals surface area contributed by atoms with E-state index < -0.39 is 5.41 Å². The Kier molecular flexibility index (Phi) is 4.02. The lowest BCUT2D eigenvalue weighted by Crippen LogP contribution is -2.44. The van der Waals surface area contributed by atoms with E-state index in [1.165, 1.54) is 6.92 Å². The van der Waals surface area contributed by atoms with Gasteiger partial charge in [-0.1, -0.05) is 0 Å². The molecule has 1 aromatic rings. The summed E-state index contributed by atoms with van der Waals surface area (Å²) in [7, 11) is 0. The molecule has 1 aromatic heterocycles. The average molecular weight is 316 g/mol. The van der Waals surface area contributed by atoms with Crippen LogP contribution in [0.3, 0.4) is 0 Å². The number of nitrogens with one attached hydrogen (secondary N) is 1. The molecule has 3 heterocycles. The van der Waals surface area contributed by atoms with Crippen molar-refractivity contribution in [2.24, 2.45) is 5.41 Å². The van der Waals surface area contributed by atoms with Gasteiger partial charge in [-0.3, -0.25) is 19.4 Å². The lowest BCUT2D eigenvalue weighted by Gasteiger charge is -2.32. The zero-order chi connectivity index (χ0) is 16.4. The molecule has 1 spiro atoms. The van der Waals surface area contributed by atoms with Crippen LogP contribution >= 0.6 is 0 Å². The van der Waals surface area contributed by atoms with Crippen molar-refractivity contribution in [1.29, 1.82) is 0 Å². The van der Waals surface area contributed by atoms with E-state index in [4.69, 9.17) is 0 Å². The molecule has 7 heteroatoms. The van der Waals surface area contributed by atoms with Gasteiger partial charge in [0.1, 0.15) is 0 Å². The van der Waals surface area contributed by atoms with E-state index in [9.17, 15) is 14.4 Å². The van der Waals surface area contributed by atoms with Gasteiger partial charge in [-0.25, -0.2) is 0 Å². The Bertz CT molecular complexity index is 633. The monoisotopic (exact) mass is 316 g/mol. The van der Waals surface area contributed by atoms with Crippen LogP contribution in [0.5, 0.6) is 0 Å². The van der Waals surface area contributed by atoms with Gasteiger partial charge in [-0.05, 0) is 12.1 Å². The Morgan fingerprint density at radius 1 is 1.17 bits per heavy atom. The summed E-state index contributed by atoms with van der Waals surface area (Å²) in [5, 5.41) is 2.84. The second kappa shape index (κ2) is 5.98. The van der Waals surface area contributed by atoms with Crippen molar-refractivity contribution in [2.75, 3.05) is 32.7 Å². The number of hydrogen-bond acceptors (Lipinski definition) is 4. The molecular weight excluding hydrogens is 296 g/mol. The maximum Gasteiger partial charge on any atom is 0.254 e. The molecule has 2 fully saturated rings. The van der Waals surface area contributed by atoms with Crippen LogP contribution in [0.4, 0.5) is 0 Å². The van der Waals surface area contributed by atoms with E-state index in [1.807, 2.05) is 0 Å². The number of carbonyl (C=O) groups excluding carboxylic acids is 3. The molecule has 7 nitrogen and oxygen atoms in total.